The van der Waals surface area contributed by atoms with Crippen LogP contribution >= 0.6 is 11.3 Å². The maximum absolute atomic E-state index is 13.9. The quantitative estimate of drug-likeness (QED) is 0.356. The summed E-state index contributed by atoms with van der Waals surface area (Å²) in [6, 6.07) is 17.0. The highest BCUT2D eigenvalue weighted by Crippen LogP contribution is 2.35. The number of aromatic nitrogens is 2. The van der Waals surface area contributed by atoms with E-state index >= 15 is 0 Å². The van der Waals surface area contributed by atoms with Crippen LogP contribution in [-0.4, -0.2) is 9.55 Å². The topological polar surface area (TPSA) is 34.9 Å². The molecular formula is C28H30N2OS. The molecule has 2 heterocycles. The standard InChI is InChI=1S/C28H30N2OS/c1-18-8-7-9-20(16-18)25-29-26-24(22-10-5-6-11-23(22)32-26)27(31)30(25)17-19-12-14-21(15-13-19)28(2,3)4/h7-9,12-16H,5-6,10-11,17H2,1-4H3. The number of hydrogen-bond donors (Lipinski definition) is 0. The minimum Gasteiger partial charge on any atom is -0.288 e. The Labute approximate surface area is 193 Å². The fourth-order valence-electron chi connectivity index (χ4n) is 4.68. The number of hydrogen-bond acceptors (Lipinski definition) is 3. The summed E-state index contributed by atoms with van der Waals surface area (Å²) in [6.07, 6.45) is 4.44. The number of benzene rings is 2. The van der Waals surface area contributed by atoms with E-state index in [4.69, 9.17) is 4.98 Å². The molecule has 0 radical (unpaired) electrons. The highest BCUT2D eigenvalue weighted by Gasteiger charge is 2.23. The lowest BCUT2D eigenvalue weighted by molar-refractivity contribution is 0.589. The summed E-state index contributed by atoms with van der Waals surface area (Å²) < 4.78 is 1.89. The van der Waals surface area contributed by atoms with Gasteiger partial charge in [-0.1, -0.05) is 68.8 Å². The molecule has 4 aromatic rings. The summed E-state index contributed by atoms with van der Waals surface area (Å²) in [4.78, 5) is 21.2. The Balaban J connectivity index is 1.69. The number of nitrogens with zero attached hydrogens (tertiary/aromatic N) is 2. The molecule has 2 aromatic heterocycles. The zero-order valence-corrected chi connectivity index (χ0v) is 20.2. The van der Waals surface area contributed by atoms with Crippen molar-refractivity contribution in [1.29, 1.82) is 0 Å². The predicted octanol–water partition coefficient (Wildman–Crippen LogP) is 6.66. The largest absolute Gasteiger partial charge is 0.288 e. The summed E-state index contributed by atoms with van der Waals surface area (Å²) in [6.45, 7) is 9.28. The molecule has 3 nitrogen and oxygen atoms in total. The van der Waals surface area contributed by atoms with Crippen LogP contribution < -0.4 is 5.56 Å². The minimum atomic E-state index is 0.103. The molecule has 1 aliphatic carbocycles. The summed E-state index contributed by atoms with van der Waals surface area (Å²) in [5.74, 6) is 0.768. The smallest absolute Gasteiger partial charge is 0.263 e. The maximum Gasteiger partial charge on any atom is 0.263 e. The number of thiophene rings is 1. The highest BCUT2D eigenvalue weighted by molar-refractivity contribution is 7.18. The first-order valence-electron chi connectivity index (χ1n) is 11.5. The summed E-state index contributed by atoms with van der Waals surface area (Å²) in [7, 11) is 0. The second-order valence-electron chi connectivity index (χ2n) is 10.0. The van der Waals surface area contributed by atoms with Gasteiger partial charge in [-0.15, -0.1) is 11.3 Å². The Bertz CT molecular complexity index is 1350. The molecule has 1 aliphatic rings. The van der Waals surface area contributed by atoms with Gasteiger partial charge in [-0.2, -0.15) is 0 Å². The van der Waals surface area contributed by atoms with Crippen LogP contribution in [0.4, 0.5) is 0 Å². The van der Waals surface area contributed by atoms with Crippen molar-refractivity contribution in [3.05, 3.63) is 86.0 Å². The molecular weight excluding hydrogens is 412 g/mol. The Kier molecular flexibility index (Phi) is 5.29. The van der Waals surface area contributed by atoms with Crippen LogP contribution in [0.25, 0.3) is 21.6 Å². The molecule has 32 heavy (non-hydrogen) atoms. The van der Waals surface area contributed by atoms with Gasteiger partial charge in [-0.05, 0) is 60.8 Å². The van der Waals surface area contributed by atoms with Gasteiger partial charge in [-0.25, -0.2) is 4.98 Å². The Morgan fingerprint density at radius 1 is 1.03 bits per heavy atom. The van der Waals surface area contributed by atoms with Gasteiger partial charge in [-0.3, -0.25) is 9.36 Å². The van der Waals surface area contributed by atoms with E-state index in [9.17, 15) is 4.79 Å². The van der Waals surface area contributed by atoms with Crippen molar-refractivity contribution >= 4 is 21.6 Å². The van der Waals surface area contributed by atoms with Crippen molar-refractivity contribution in [1.82, 2.24) is 9.55 Å². The molecule has 0 fully saturated rings. The molecule has 5 rings (SSSR count). The average Bonchev–Trinajstić information content (AvgIpc) is 3.14. The molecule has 0 aliphatic heterocycles. The Morgan fingerprint density at radius 2 is 1.78 bits per heavy atom. The fourth-order valence-corrected chi connectivity index (χ4v) is 5.93. The first-order chi connectivity index (χ1) is 15.3. The lowest BCUT2D eigenvalue weighted by Gasteiger charge is -2.19. The van der Waals surface area contributed by atoms with Crippen molar-refractivity contribution in [2.24, 2.45) is 0 Å². The molecule has 0 saturated heterocycles. The van der Waals surface area contributed by atoms with Crippen LogP contribution in [0.5, 0.6) is 0 Å². The van der Waals surface area contributed by atoms with E-state index in [1.54, 1.807) is 11.3 Å². The monoisotopic (exact) mass is 442 g/mol. The second-order valence-corrected chi connectivity index (χ2v) is 11.1. The normalized spacial score (nSPS) is 14.0. The zero-order chi connectivity index (χ0) is 22.5. The van der Waals surface area contributed by atoms with E-state index in [-0.39, 0.29) is 11.0 Å². The molecule has 0 spiro atoms. The van der Waals surface area contributed by atoms with E-state index in [0.29, 0.717) is 6.54 Å². The highest BCUT2D eigenvalue weighted by atomic mass is 32.1. The van der Waals surface area contributed by atoms with Crippen molar-refractivity contribution < 1.29 is 0 Å². The van der Waals surface area contributed by atoms with E-state index in [0.717, 1.165) is 46.4 Å². The van der Waals surface area contributed by atoms with E-state index in [1.165, 1.54) is 28.0 Å². The van der Waals surface area contributed by atoms with Crippen LogP contribution in [0, 0.1) is 6.92 Å². The van der Waals surface area contributed by atoms with Crippen molar-refractivity contribution in [3.8, 4) is 11.4 Å². The van der Waals surface area contributed by atoms with Crippen LogP contribution in [0.3, 0.4) is 0 Å². The minimum absolute atomic E-state index is 0.103. The maximum atomic E-state index is 13.9. The van der Waals surface area contributed by atoms with Gasteiger partial charge in [0, 0.05) is 10.4 Å². The number of rotatable bonds is 3. The van der Waals surface area contributed by atoms with Crippen LogP contribution in [0.2, 0.25) is 0 Å². The van der Waals surface area contributed by atoms with Crippen LogP contribution in [0.1, 0.15) is 60.7 Å². The van der Waals surface area contributed by atoms with Gasteiger partial charge >= 0.3 is 0 Å². The molecule has 0 N–H and O–H groups in total. The first kappa shape index (κ1) is 21.1. The van der Waals surface area contributed by atoms with Crippen molar-refractivity contribution in [2.45, 2.75) is 65.3 Å². The van der Waals surface area contributed by atoms with Gasteiger partial charge in [0.25, 0.3) is 5.56 Å². The lowest BCUT2D eigenvalue weighted by atomic mass is 9.87. The lowest BCUT2D eigenvalue weighted by Crippen LogP contribution is -2.24. The summed E-state index contributed by atoms with van der Waals surface area (Å²) >= 11 is 1.72. The van der Waals surface area contributed by atoms with Crippen LogP contribution in [0.15, 0.2) is 53.3 Å². The molecule has 0 atom stereocenters. The SMILES string of the molecule is Cc1cccc(-c2nc3sc4c(c3c(=O)n2Cc2ccc(C(C)(C)C)cc2)CCCC4)c1. The average molecular weight is 443 g/mol. The van der Waals surface area contributed by atoms with Crippen LogP contribution in [-0.2, 0) is 24.8 Å². The number of fused-ring (bicyclic) bond motifs is 3. The zero-order valence-electron chi connectivity index (χ0n) is 19.4. The van der Waals surface area contributed by atoms with Gasteiger partial charge in [0.15, 0.2) is 0 Å². The molecule has 2 aromatic carbocycles. The van der Waals surface area contributed by atoms with Gasteiger partial charge in [0.05, 0.1) is 11.9 Å². The van der Waals surface area contributed by atoms with E-state index in [2.05, 4.69) is 70.2 Å². The van der Waals surface area contributed by atoms with E-state index < -0.39 is 0 Å². The first-order valence-corrected chi connectivity index (χ1v) is 12.3. The molecule has 4 heteroatoms. The molecule has 0 amide bonds. The number of aryl methyl sites for hydroxylation is 3. The van der Waals surface area contributed by atoms with Gasteiger partial charge in [0.1, 0.15) is 10.7 Å². The third-order valence-corrected chi connectivity index (χ3v) is 7.70. The summed E-state index contributed by atoms with van der Waals surface area (Å²) in [5, 5.41) is 0.854. The van der Waals surface area contributed by atoms with Crippen molar-refractivity contribution in [2.75, 3.05) is 0 Å². The van der Waals surface area contributed by atoms with Gasteiger partial charge < -0.3 is 0 Å². The van der Waals surface area contributed by atoms with Gasteiger partial charge in [0.2, 0.25) is 0 Å². The molecule has 0 bridgehead atoms. The summed E-state index contributed by atoms with van der Waals surface area (Å²) in [5.41, 5.74) is 6.06. The Morgan fingerprint density at radius 3 is 2.50 bits per heavy atom. The molecule has 164 valence electrons. The second kappa shape index (κ2) is 8.00. The molecule has 0 unspecified atom stereocenters. The third kappa shape index (κ3) is 3.81. The third-order valence-electron chi connectivity index (χ3n) is 6.51. The fraction of sp³-hybridized carbons (Fsp3) is 0.357. The predicted molar refractivity (Wildman–Crippen MR) is 135 cm³/mol. The van der Waals surface area contributed by atoms with E-state index in [1.807, 2.05) is 10.6 Å². The molecule has 0 saturated carbocycles. The Hall–Kier alpha value is -2.72. The van der Waals surface area contributed by atoms with Crippen molar-refractivity contribution in [3.63, 3.8) is 0 Å².